The lowest BCUT2D eigenvalue weighted by molar-refractivity contribution is 0.283. The van der Waals surface area contributed by atoms with Crippen LogP contribution in [0.5, 0.6) is 0 Å². The van der Waals surface area contributed by atoms with E-state index in [9.17, 15) is 0 Å². The summed E-state index contributed by atoms with van der Waals surface area (Å²) in [6.45, 7) is 5.15. The van der Waals surface area contributed by atoms with Crippen LogP contribution in [0.2, 0.25) is 0 Å². The molecule has 1 aromatic rings. The Labute approximate surface area is 93.2 Å². The molecule has 1 aliphatic heterocycles. The molecule has 0 atom stereocenters. The minimum Gasteiger partial charge on any atom is -0.359 e. The van der Waals surface area contributed by atoms with Gasteiger partial charge in [-0.15, -0.1) is 0 Å². The monoisotopic (exact) mass is 225 g/mol. The van der Waals surface area contributed by atoms with Crippen molar-refractivity contribution in [1.29, 1.82) is 0 Å². The summed E-state index contributed by atoms with van der Waals surface area (Å²) in [4.78, 5) is 6.21. The van der Waals surface area contributed by atoms with Gasteiger partial charge in [0.2, 0.25) is 0 Å². The third kappa shape index (κ3) is 2.39. The van der Waals surface area contributed by atoms with Crippen LogP contribution in [-0.4, -0.2) is 21.9 Å². The first kappa shape index (κ1) is 10.2. The second-order valence-electron chi connectivity index (χ2n) is 3.54. The zero-order valence-electron chi connectivity index (χ0n) is 8.70. The van der Waals surface area contributed by atoms with Gasteiger partial charge >= 0.3 is 0 Å². The highest BCUT2D eigenvalue weighted by Gasteiger charge is 2.13. The van der Waals surface area contributed by atoms with Crippen molar-refractivity contribution >= 4 is 16.8 Å². The zero-order valence-corrected chi connectivity index (χ0v) is 9.45. The summed E-state index contributed by atoms with van der Waals surface area (Å²) in [5.74, 6) is 0.841. The molecule has 80 valence electrons. The Balaban J connectivity index is 2.06. The number of aromatic nitrogens is 1. The second-order valence-corrected chi connectivity index (χ2v) is 3.93. The molecule has 1 aromatic heterocycles. The van der Waals surface area contributed by atoms with Crippen LogP contribution in [-0.2, 0) is 6.54 Å². The molecule has 0 bridgehead atoms. The summed E-state index contributed by atoms with van der Waals surface area (Å²) in [5.41, 5.74) is 1.98. The molecule has 0 N–H and O–H groups in total. The quantitative estimate of drug-likeness (QED) is 0.776. The van der Waals surface area contributed by atoms with E-state index < -0.39 is 0 Å². The van der Waals surface area contributed by atoms with Crippen molar-refractivity contribution < 1.29 is 4.52 Å². The molecule has 0 aromatic carbocycles. The fourth-order valence-electron chi connectivity index (χ4n) is 1.43. The van der Waals surface area contributed by atoms with Gasteiger partial charge in [0.05, 0.1) is 12.2 Å². The molecule has 0 radical (unpaired) electrons. The Morgan fingerprint density at radius 2 is 2.33 bits per heavy atom. The zero-order chi connectivity index (χ0) is 10.8. The molecule has 5 heteroatoms. The van der Waals surface area contributed by atoms with Crippen LogP contribution in [0.4, 0.5) is 0 Å². The molecule has 0 spiro atoms. The minimum absolute atomic E-state index is 0.553. The molecule has 0 saturated carbocycles. The van der Waals surface area contributed by atoms with E-state index in [-0.39, 0.29) is 0 Å². The van der Waals surface area contributed by atoms with Crippen molar-refractivity contribution in [1.82, 2.24) is 10.1 Å². The van der Waals surface area contributed by atoms with Crippen molar-refractivity contribution in [3.05, 3.63) is 29.3 Å². The van der Waals surface area contributed by atoms with Crippen molar-refractivity contribution in [2.45, 2.75) is 20.4 Å². The number of rotatable bonds is 2. The number of allylic oxidation sites excluding steroid dienone is 2. The molecule has 0 unspecified atom stereocenters. The van der Waals surface area contributed by atoms with Crippen LogP contribution in [0.3, 0.4) is 0 Å². The maximum atomic E-state index is 5.80. The SMILES string of the molecule is CC1=CC(Cl)=NCN1Cc1cc(C)no1. The van der Waals surface area contributed by atoms with Crippen molar-refractivity contribution in [3.8, 4) is 0 Å². The van der Waals surface area contributed by atoms with E-state index in [1.807, 2.05) is 26.0 Å². The Hall–Kier alpha value is -1.29. The van der Waals surface area contributed by atoms with E-state index >= 15 is 0 Å². The predicted octanol–water partition coefficient (Wildman–Crippen LogP) is 2.30. The van der Waals surface area contributed by atoms with Crippen LogP contribution in [0.15, 0.2) is 27.4 Å². The number of halogens is 1. The lowest BCUT2D eigenvalue weighted by Crippen LogP contribution is -2.24. The summed E-state index contributed by atoms with van der Waals surface area (Å²) in [7, 11) is 0. The van der Waals surface area contributed by atoms with E-state index in [0.717, 1.165) is 17.2 Å². The van der Waals surface area contributed by atoms with E-state index in [4.69, 9.17) is 16.1 Å². The van der Waals surface area contributed by atoms with Crippen molar-refractivity contribution in [2.75, 3.05) is 6.67 Å². The number of hydrogen-bond donors (Lipinski definition) is 0. The van der Waals surface area contributed by atoms with Gasteiger partial charge in [0, 0.05) is 11.8 Å². The highest BCUT2D eigenvalue weighted by Crippen LogP contribution is 2.15. The van der Waals surface area contributed by atoms with Gasteiger partial charge in [0.15, 0.2) is 5.76 Å². The van der Waals surface area contributed by atoms with Gasteiger partial charge in [-0.2, -0.15) is 0 Å². The van der Waals surface area contributed by atoms with Gasteiger partial charge in [-0.25, -0.2) is 0 Å². The Morgan fingerprint density at radius 3 is 2.93 bits per heavy atom. The fraction of sp³-hybridized carbons (Fsp3) is 0.400. The van der Waals surface area contributed by atoms with E-state index in [2.05, 4.69) is 15.0 Å². The molecule has 0 saturated heterocycles. The molecule has 0 aliphatic carbocycles. The van der Waals surface area contributed by atoms with Crippen molar-refractivity contribution in [3.63, 3.8) is 0 Å². The predicted molar refractivity (Wildman–Crippen MR) is 58.7 cm³/mol. The second kappa shape index (κ2) is 4.06. The first-order chi connectivity index (χ1) is 7.15. The minimum atomic E-state index is 0.553. The Bertz CT molecular complexity index is 422. The lowest BCUT2D eigenvalue weighted by atomic mass is 10.3. The molecular weight excluding hydrogens is 214 g/mol. The normalized spacial score (nSPS) is 16.3. The van der Waals surface area contributed by atoms with Gasteiger partial charge in [-0.1, -0.05) is 16.8 Å². The molecule has 2 heterocycles. The summed E-state index contributed by atoms with van der Waals surface area (Å²) < 4.78 is 5.14. The van der Waals surface area contributed by atoms with Gasteiger partial charge < -0.3 is 9.42 Å². The maximum Gasteiger partial charge on any atom is 0.156 e. The smallest absolute Gasteiger partial charge is 0.156 e. The first-order valence-electron chi connectivity index (χ1n) is 4.70. The molecule has 4 nitrogen and oxygen atoms in total. The molecule has 15 heavy (non-hydrogen) atoms. The topological polar surface area (TPSA) is 41.6 Å². The average molecular weight is 226 g/mol. The summed E-state index contributed by atoms with van der Waals surface area (Å²) >= 11 is 5.80. The highest BCUT2D eigenvalue weighted by atomic mass is 35.5. The summed E-state index contributed by atoms with van der Waals surface area (Å²) in [6, 6.07) is 1.92. The van der Waals surface area contributed by atoms with E-state index in [1.54, 1.807) is 0 Å². The molecule has 0 amide bonds. The number of aliphatic imine (C=N–C) groups is 1. The van der Waals surface area contributed by atoms with Crippen LogP contribution >= 0.6 is 11.6 Å². The van der Waals surface area contributed by atoms with Crippen molar-refractivity contribution in [2.24, 2.45) is 4.99 Å². The summed E-state index contributed by atoms with van der Waals surface area (Å²) in [6.07, 6.45) is 1.84. The van der Waals surface area contributed by atoms with Crippen LogP contribution < -0.4 is 0 Å². The Morgan fingerprint density at radius 1 is 1.53 bits per heavy atom. The molecule has 2 rings (SSSR count). The molecular formula is C10H12ClN3O. The largest absolute Gasteiger partial charge is 0.359 e. The number of aryl methyl sites for hydroxylation is 1. The third-order valence-electron chi connectivity index (χ3n) is 2.24. The Kier molecular flexibility index (Phi) is 2.77. The first-order valence-corrected chi connectivity index (χ1v) is 5.08. The van der Waals surface area contributed by atoms with Crippen LogP contribution in [0.25, 0.3) is 0 Å². The average Bonchev–Trinajstić information content (AvgIpc) is 2.56. The van der Waals surface area contributed by atoms with Gasteiger partial charge in [-0.3, -0.25) is 4.99 Å². The van der Waals surface area contributed by atoms with Crippen LogP contribution in [0.1, 0.15) is 18.4 Å². The van der Waals surface area contributed by atoms with Gasteiger partial charge in [0.1, 0.15) is 11.8 Å². The molecule has 1 aliphatic rings. The standard InChI is InChI=1S/C10H12ClN3O/c1-7-3-9(15-13-7)5-14-6-12-10(11)4-8(14)2/h3-4H,5-6H2,1-2H3. The van der Waals surface area contributed by atoms with Crippen LogP contribution in [0, 0.1) is 6.92 Å². The maximum absolute atomic E-state index is 5.80. The van der Waals surface area contributed by atoms with E-state index in [1.165, 1.54) is 0 Å². The lowest BCUT2D eigenvalue weighted by Gasteiger charge is -2.24. The molecule has 0 fully saturated rings. The number of nitrogens with zero attached hydrogens (tertiary/aromatic N) is 3. The van der Waals surface area contributed by atoms with Gasteiger partial charge in [0.25, 0.3) is 0 Å². The van der Waals surface area contributed by atoms with Gasteiger partial charge in [-0.05, 0) is 19.9 Å². The summed E-state index contributed by atoms with van der Waals surface area (Å²) in [5, 5.41) is 4.39. The number of hydrogen-bond acceptors (Lipinski definition) is 4. The third-order valence-corrected chi connectivity index (χ3v) is 2.47. The fourth-order valence-corrected chi connectivity index (χ4v) is 1.64. The van der Waals surface area contributed by atoms with E-state index in [0.29, 0.717) is 18.4 Å². The highest BCUT2D eigenvalue weighted by molar-refractivity contribution is 6.68.